The second kappa shape index (κ2) is 7.60. The zero-order chi connectivity index (χ0) is 16.2. The third-order valence-electron chi connectivity index (χ3n) is 5.15. The molecule has 2 unspecified atom stereocenters. The van der Waals surface area contributed by atoms with Crippen LogP contribution in [0.4, 0.5) is 0 Å². The first-order chi connectivity index (χ1) is 10.4. The second-order valence-electron chi connectivity index (χ2n) is 6.86. The summed E-state index contributed by atoms with van der Waals surface area (Å²) in [4.78, 5) is 0.478. The first-order valence-corrected chi connectivity index (χ1v) is 10.1. The average Bonchev–Trinajstić information content (AvgIpc) is 2.54. The lowest BCUT2D eigenvalue weighted by Crippen LogP contribution is -2.20. The molecule has 0 heterocycles. The van der Waals surface area contributed by atoms with E-state index >= 15 is 0 Å². The van der Waals surface area contributed by atoms with Gasteiger partial charge in [-0.15, -0.1) is 0 Å². The summed E-state index contributed by atoms with van der Waals surface area (Å²) >= 11 is 0. The van der Waals surface area contributed by atoms with Crippen LogP contribution < -0.4 is 5.73 Å². The lowest BCUT2D eigenvalue weighted by atomic mass is 9.89. The van der Waals surface area contributed by atoms with Crippen LogP contribution in [0.1, 0.15) is 57.4 Å². The summed E-state index contributed by atoms with van der Waals surface area (Å²) in [5.41, 5.74) is 6.81. The third-order valence-corrected chi connectivity index (χ3v) is 7.03. The normalized spacial score (nSPS) is 19.8. The second-order valence-corrected chi connectivity index (χ2v) is 8.89. The highest BCUT2D eigenvalue weighted by Gasteiger charge is 2.24. The third kappa shape index (κ3) is 4.32. The molecular weight excluding hydrogens is 294 g/mol. The lowest BCUT2D eigenvalue weighted by Gasteiger charge is -2.22. The molecule has 22 heavy (non-hydrogen) atoms. The first-order valence-electron chi connectivity index (χ1n) is 8.47. The van der Waals surface area contributed by atoms with Crippen LogP contribution in [0, 0.1) is 11.8 Å². The lowest BCUT2D eigenvalue weighted by molar-refractivity contribution is 0.385. The van der Waals surface area contributed by atoms with Crippen LogP contribution in [0.3, 0.4) is 0 Å². The number of benzene rings is 1. The van der Waals surface area contributed by atoms with Crippen molar-refractivity contribution in [1.82, 2.24) is 0 Å². The van der Waals surface area contributed by atoms with Crippen LogP contribution in [0.15, 0.2) is 29.2 Å². The average molecular weight is 324 g/mol. The molecule has 0 amide bonds. The molecule has 2 atom stereocenters. The SMILES string of the molecule is CC(CN)C(C)c1cccc(S(=O)(=O)CC2CCCCC2)c1. The molecule has 2 rings (SSSR count). The predicted octanol–water partition coefficient (Wildman–Crippen LogP) is 3.74. The Morgan fingerprint density at radius 2 is 1.86 bits per heavy atom. The molecule has 0 saturated heterocycles. The van der Waals surface area contributed by atoms with Crippen LogP contribution in [-0.2, 0) is 9.84 Å². The molecule has 0 aromatic heterocycles. The summed E-state index contributed by atoms with van der Waals surface area (Å²) in [5.74, 6) is 1.26. The van der Waals surface area contributed by atoms with Gasteiger partial charge in [0.1, 0.15) is 0 Å². The smallest absolute Gasteiger partial charge is 0.178 e. The molecule has 1 aliphatic carbocycles. The van der Waals surface area contributed by atoms with Gasteiger partial charge in [-0.2, -0.15) is 0 Å². The summed E-state index contributed by atoms with van der Waals surface area (Å²) in [6.45, 7) is 4.83. The number of nitrogens with two attached hydrogens (primary N) is 1. The zero-order valence-electron chi connectivity index (χ0n) is 13.8. The van der Waals surface area contributed by atoms with E-state index in [0.29, 0.717) is 29.0 Å². The molecule has 3 nitrogen and oxygen atoms in total. The predicted molar refractivity (Wildman–Crippen MR) is 91.7 cm³/mol. The van der Waals surface area contributed by atoms with Crippen molar-refractivity contribution in [3.8, 4) is 0 Å². The first kappa shape index (κ1) is 17.5. The topological polar surface area (TPSA) is 60.2 Å². The maximum Gasteiger partial charge on any atom is 0.178 e. The van der Waals surface area contributed by atoms with Gasteiger partial charge in [-0.05, 0) is 54.8 Å². The monoisotopic (exact) mass is 323 g/mol. The van der Waals surface area contributed by atoms with E-state index in [9.17, 15) is 8.42 Å². The van der Waals surface area contributed by atoms with Crippen molar-refractivity contribution in [2.75, 3.05) is 12.3 Å². The van der Waals surface area contributed by atoms with Gasteiger partial charge in [0.05, 0.1) is 10.6 Å². The molecule has 1 aliphatic rings. The number of rotatable bonds is 6. The van der Waals surface area contributed by atoms with Crippen LogP contribution in [0.2, 0.25) is 0 Å². The molecule has 1 aromatic carbocycles. The van der Waals surface area contributed by atoms with E-state index in [0.717, 1.165) is 18.4 Å². The van der Waals surface area contributed by atoms with Gasteiger partial charge in [0.2, 0.25) is 0 Å². The Kier molecular flexibility index (Phi) is 6.04. The molecule has 0 radical (unpaired) electrons. The fourth-order valence-electron chi connectivity index (χ4n) is 3.28. The Hall–Kier alpha value is -0.870. The Bertz CT molecular complexity index is 577. The minimum atomic E-state index is -3.18. The van der Waals surface area contributed by atoms with Crippen molar-refractivity contribution in [3.05, 3.63) is 29.8 Å². The Balaban J connectivity index is 2.16. The van der Waals surface area contributed by atoms with E-state index in [2.05, 4.69) is 13.8 Å². The standard InChI is InChI=1S/C18H29NO2S/c1-14(12-19)15(2)17-9-6-10-18(11-17)22(20,21)13-16-7-4-3-5-8-16/h6,9-11,14-16H,3-5,7-8,12-13,19H2,1-2H3. The van der Waals surface area contributed by atoms with E-state index in [1.165, 1.54) is 19.3 Å². The highest BCUT2D eigenvalue weighted by atomic mass is 32.2. The largest absolute Gasteiger partial charge is 0.330 e. The van der Waals surface area contributed by atoms with Crippen molar-refractivity contribution >= 4 is 9.84 Å². The zero-order valence-corrected chi connectivity index (χ0v) is 14.6. The molecule has 0 spiro atoms. The minimum Gasteiger partial charge on any atom is -0.330 e. The number of sulfone groups is 1. The molecule has 1 fully saturated rings. The van der Waals surface area contributed by atoms with Gasteiger partial charge >= 0.3 is 0 Å². The van der Waals surface area contributed by atoms with Crippen molar-refractivity contribution in [2.24, 2.45) is 17.6 Å². The molecule has 1 saturated carbocycles. The van der Waals surface area contributed by atoms with Crippen molar-refractivity contribution < 1.29 is 8.42 Å². The fourth-order valence-corrected chi connectivity index (χ4v) is 5.03. The van der Waals surface area contributed by atoms with Crippen LogP contribution in [0.25, 0.3) is 0 Å². The highest BCUT2D eigenvalue weighted by Crippen LogP contribution is 2.29. The summed E-state index contributed by atoms with van der Waals surface area (Å²) in [7, 11) is -3.18. The van der Waals surface area contributed by atoms with Crippen LogP contribution in [-0.4, -0.2) is 20.7 Å². The maximum atomic E-state index is 12.7. The van der Waals surface area contributed by atoms with E-state index in [1.54, 1.807) is 6.07 Å². The summed E-state index contributed by atoms with van der Waals surface area (Å²) < 4.78 is 25.4. The van der Waals surface area contributed by atoms with Gasteiger partial charge in [0.15, 0.2) is 9.84 Å². The number of hydrogen-bond acceptors (Lipinski definition) is 3. The van der Waals surface area contributed by atoms with Crippen molar-refractivity contribution in [1.29, 1.82) is 0 Å². The maximum absolute atomic E-state index is 12.7. The molecule has 0 bridgehead atoms. The van der Waals surface area contributed by atoms with E-state index in [-0.39, 0.29) is 5.92 Å². The van der Waals surface area contributed by atoms with E-state index in [4.69, 9.17) is 5.73 Å². The van der Waals surface area contributed by atoms with Gasteiger partial charge < -0.3 is 5.73 Å². The van der Waals surface area contributed by atoms with Gasteiger partial charge in [-0.25, -0.2) is 8.42 Å². The molecule has 0 aliphatic heterocycles. The van der Waals surface area contributed by atoms with Gasteiger partial charge in [-0.3, -0.25) is 0 Å². The minimum absolute atomic E-state index is 0.273. The van der Waals surface area contributed by atoms with E-state index < -0.39 is 9.84 Å². The van der Waals surface area contributed by atoms with E-state index in [1.807, 2.05) is 18.2 Å². The van der Waals surface area contributed by atoms with Crippen molar-refractivity contribution in [2.45, 2.75) is 56.8 Å². The Morgan fingerprint density at radius 1 is 1.18 bits per heavy atom. The molecule has 2 N–H and O–H groups in total. The quantitative estimate of drug-likeness (QED) is 0.867. The van der Waals surface area contributed by atoms with Gasteiger partial charge in [-0.1, -0.05) is 45.2 Å². The fraction of sp³-hybridized carbons (Fsp3) is 0.667. The summed E-state index contributed by atoms with van der Waals surface area (Å²) in [5, 5.41) is 0. The Morgan fingerprint density at radius 3 is 2.50 bits per heavy atom. The molecular formula is C18H29NO2S. The molecule has 4 heteroatoms. The Labute approximate surface area is 135 Å². The molecule has 1 aromatic rings. The van der Waals surface area contributed by atoms with Crippen LogP contribution >= 0.6 is 0 Å². The van der Waals surface area contributed by atoms with Crippen LogP contribution in [0.5, 0.6) is 0 Å². The van der Waals surface area contributed by atoms with Gasteiger partial charge in [0.25, 0.3) is 0 Å². The highest BCUT2D eigenvalue weighted by molar-refractivity contribution is 7.91. The summed E-state index contributed by atoms with van der Waals surface area (Å²) in [6.07, 6.45) is 5.70. The van der Waals surface area contributed by atoms with Gasteiger partial charge in [0, 0.05) is 0 Å². The number of hydrogen-bond donors (Lipinski definition) is 1. The molecule has 124 valence electrons. The van der Waals surface area contributed by atoms with Crippen molar-refractivity contribution in [3.63, 3.8) is 0 Å². The summed E-state index contributed by atoms with van der Waals surface area (Å²) in [6, 6.07) is 7.47.